The number of nitrogens with one attached hydrogen (secondary N) is 2. The van der Waals surface area contributed by atoms with Gasteiger partial charge >= 0.3 is 23.9 Å². The van der Waals surface area contributed by atoms with Gasteiger partial charge in [0.1, 0.15) is 91.6 Å². The van der Waals surface area contributed by atoms with Crippen LogP contribution in [0.1, 0.15) is 231 Å². The van der Waals surface area contributed by atoms with Crippen LogP contribution in [0.15, 0.2) is 220 Å². The fourth-order valence-electron chi connectivity index (χ4n) is 16.4. The van der Waals surface area contributed by atoms with Gasteiger partial charge in [-0.05, 0) is 221 Å². The smallest absolute Gasteiger partial charge is 0.330 e. The molecule has 0 radical (unpaired) electrons. The zero-order chi connectivity index (χ0) is 94.4. The number of unbranched alkanes of at least 4 members (excludes halogenated alkanes) is 32. The number of nitrogens with zero attached hydrogens (tertiary/aromatic N) is 6. The zero-order valence-electron chi connectivity index (χ0n) is 78.6. The van der Waals surface area contributed by atoms with E-state index in [4.69, 9.17) is 86.7 Å². The summed E-state index contributed by atoms with van der Waals surface area (Å²) in [6, 6.07) is 54.1. The van der Waals surface area contributed by atoms with Crippen LogP contribution in [-0.2, 0) is 38.1 Å². The zero-order valence-corrected chi connectivity index (χ0v) is 78.6. The van der Waals surface area contributed by atoms with E-state index in [1.165, 1.54) is 101 Å². The summed E-state index contributed by atoms with van der Waals surface area (Å²) in [5.74, 6) is 7.78. The first-order chi connectivity index (χ1) is 66.9. The minimum Gasteiger partial charge on any atom is -0.494 e. The first kappa shape index (κ1) is 99.8. The van der Waals surface area contributed by atoms with Crippen molar-refractivity contribution in [2.24, 2.45) is 0 Å². The molecule has 11 aromatic rings. The fraction of sp³-hybridized carbons (Fsp3) is 0.393. The number of ether oxygens (including phenoxy) is 12. The van der Waals surface area contributed by atoms with E-state index in [0.29, 0.717) is 172 Å². The van der Waals surface area contributed by atoms with Gasteiger partial charge < -0.3 is 66.8 Å². The SMILES string of the molecule is C=CC(=O)OCCCCCCCCCCCOc1ccc(Oc2ccc3c(c2)-c2nc-3nc3[nH]c(nc4nc(nc5[nH]c(n2)c2ccc(Oc6ccc(OCCCCCCCCCCCOC(=O)C=C)cc6)cc52)-c2cc(Oc5ccc(OCCCCCCCCCCCOC(=O)C=C)cc5)ccc2-4)c2cc(Oc4ccc(OCCCCCCCCCCCOC(=O)C=C)cc4)ccc32)cc1. The van der Waals surface area contributed by atoms with Crippen LogP contribution in [0.5, 0.6) is 69.0 Å². The molecule has 2 N–H and O–H groups in total. The van der Waals surface area contributed by atoms with Gasteiger partial charge in [-0.1, -0.05) is 206 Å². The van der Waals surface area contributed by atoms with Crippen LogP contribution in [0.3, 0.4) is 0 Å². The fourth-order valence-corrected chi connectivity index (χ4v) is 16.4. The molecule has 0 aliphatic carbocycles. The predicted molar refractivity (Wildman–Crippen MR) is 535 cm³/mol. The molecule has 0 saturated heterocycles. The Morgan fingerprint density at radius 2 is 0.397 bits per heavy atom. The van der Waals surface area contributed by atoms with Crippen LogP contribution >= 0.6 is 0 Å². The third-order valence-corrected chi connectivity index (χ3v) is 23.8. The molecule has 24 heteroatoms. The summed E-state index contributed by atoms with van der Waals surface area (Å²) in [4.78, 5) is 84.9. The number of hydrogen-bond acceptors (Lipinski definition) is 22. The predicted octanol–water partition coefficient (Wildman–Crippen LogP) is 28.5. The van der Waals surface area contributed by atoms with E-state index in [1.54, 1.807) is 0 Å². The topological polar surface area (TPSA) is 288 Å². The molecule has 13 rings (SSSR count). The van der Waals surface area contributed by atoms with Crippen molar-refractivity contribution in [3.63, 3.8) is 0 Å². The average molecular weight is 1840 g/mol. The third kappa shape index (κ3) is 32.3. The van der Waals surface area contributed by atoms with Crippen molar-refractivity contribution >= 4 is 68.0 Å². The van der Waals surface area contributed by atoms with Crippen molar-refractivity contribution in [1.29, 1.82) is 0 Å². The van der Waals surface area contributed by atoms with E-state index in [1.807, 2.05) is 170 Å². The van der Waals surface area contributed by atoms with Crippen molar-refractivity contribution in [1.82, 2.24) is 39.9 Å². The monoisotopic (exact) mass is 1840 g/mol. The highest BCUT2D eigenvalue weighted by Gasteiger charge is 2.26. The number of aromatic amines is 2. The summed E-state index contributed by atoms with van der Waals surface area (Å²) in [7, 11) is 0. The average Bonchev–Trinajstić information content (AvgIpc) is 1.60. The minimum absolute atomic E-state index is 0.356. The molecule has 8 bridgehead atoms. The number of rotatable bonds is 64. The van der Waals surface area contributed by atoms with E-state index in [2.05, 4.69) is 36.3 Å². The molecular formula is C112H130N8O16. The molecule has 0 atom stereocenters. The third-order valence-electron chi connectivity index (χ3n) is 23.8. The highest BCUT2D eigenvalue weighted by atomic mass is 16.5. The van der Waals surface area contributed by atoms with Crippen LogP contribution in [0.2, 0.25) is 0 Å². The Morgan fingerprint density at radius 3 is 0.640 bits per heavy atom. The number of fused-ring (bicyclic) bond motifs is 20. The van der Waals surface area contributed by atoms with Crippen molar-refractivity contribution in [2.75, 3.05) is 52.9 Å². The maximum Gasteiger partial charge on any atom is 0.330 e. The van der Waals surface area contributed by atoms with Crippen LogP contribution in [0.25, 0.3) is 89.7 Å². The lowest BCUT2D eigenvalue weighted by Crippen LogP contribution is -2.01. The lowest BCUT2D eigenvalue weighted by atomic mass is 10.1. The molecule has 0 spiro atoms. The summed E-state index contributed by atoms with van der Waals surface area (Å²) in [5.41, 5.74) is 4.63. The molecule has 0 amide bonds. The number of carbonyl (C=O) groups excluding carboxylic acids is 4. The van der Waals surface area contributed by atoms with Gasteiger partial charge in [-0.15, -0.1) is 0 Å². The van der Waals surface area contributed by atoms with E-state index < -0.39 is 0 Å². The van der Waals surface area contributed by atoms with Crippen molar-refractivity contribution in [3.8, 4) is 115 Å². The first-order valence-corrected chi connectivity index (χ1v) is 49.1. The molecule has 0 saturated carbocycles. The quantitative estimate of drug-likeness (QED) is 0.0155. The summed E-state index contributed by atoms with van der Waals surface area (Å²) < 4.78 is 72.0. The van der Waals surface area contributed by atoms with Gasteiger partial charge in [0.2, 0.25) is 0 Å². The summed E-state index contributed by atoms with van der Waals surface area (Å²) in [5, 5.41) is 2.88. The molecule has 0 fully saturated rings. The number of benzene rings is 8. The normalized spacial score (nSPS) is 11.3. The van der Waals surface area contributed by atoms with E-state index >= 15 is 0 Å². The Labute approximate surface area is 798 Å². The molecule has 24 nitrogen and oxygen atoms in total. The van der Waals surface area contributed by atoms with Crippen LogP contribution in [-0.4, -0.2) is 117 Å². The molecular weight excluding hydrogens is 1710 g/mol. The van der Waals surface area contributed by atoms with E-state index in [-0.39, 0.29) is 23.9 Å². The number of esters is 4. The minimum atomic E-state index is -0.363. The summed E-state index contributed by atoms with van der Waals surface area (Å²) in [6.45, 7) is 18.1. The molecule has 714 valence electrons. The highest BCUT2D eigenvalue weighted by Crippen LogP contribution is 2.43. The lowest BCUT2D eigenvalue weighted by molar-refractivity contribution is -0.138. The van der Waals surface area contributed by atoms with Crippen molar-refractivity contribution < 1.29 is 76.0 Å². The molecule has 2 aliphatic rings. The Hall–Kier alpha value is -13.6. The Morgan fingerprint density at radius 1 is 0.206 bits per heavy atom. The lowest BCUT2D eigenvalue weighted by Gasteiger charge is -2.10. The first-order valence-electron chi connectivity index (χ1n) is 49.1. The van der Waals surface area contributed by atoms with Gasteiger partial charge in [0, 0.05) is 68.1 Å². The Kier molecular flexibility index (Phi) is 40.6. The van der Waals surface area contributed by atoms with Gasteiger partial charge in [0.05, 0.1) is 52.9 Å². The Balaban J connectivity index is 0.758. The number of carbonyl (C=O) groups is 4. The molecule has 0 unspecified atom stereocenters. The van der Waals surface area contributed by atoms with Gasteiger partial charge in [0.15, 0.2) is 23.3 Å². The maximum atomic E-state index is 11.3. The number of H-pyrrole nitrogens is 2. The second kappa shape index (κ2) is 55.3. The van der Waals surface area contributed by atoms with Gasteiger partial charge in [-0.3, -0.25) is 0 Å². The summed E-state index contributed by atoms with van der Waals surface area (Å²) in [6.07, 6.45) is 44.0. The molecule has 2 aliphatic heterocycles. The molecule has 3 aromatic heterocycles. The maximum absolute atomic E-state index is 11.3. The highest BCUT2D eigenvalue weighted by molar-refractivity contribution is 6.07. The molecule has 5 heterocycles. The van der Waals surface area contributed by atoms with Crippen molar-refractivity contribution in [3.05, 3.63) is 220 Å². The van der Waals surface area contributed by atoms with Crippen molar-refractivity contribution in [2.45, 2.75) is 231 Å². The number of hydrogen-bond donors (Lipinski definition) is 2. The van der Waals surface area contributed by atoms with Crippen LogP contribution in [0, 0.1) is 0 Å². The van der Waals surface area contributed by atoms with Gasteiger partial charge in [-0.2, -0.15) is 0 Å². The van der Waals surface area contributed by atoms with E-state index in [0.717, 1.165) is 193 Å². The standard InChI is InChI=1S/C112H130N8O16/c1-5-101(121)129-73-41-33-25-17-9-13-21-29-37-69-125-81-45-53-85(54-46-81)133-89-61-65-93-97(77-89)109-114-105(93)113-106-94-66-62-90(134-86-55-47-82(48-56-86)126-70-38-30-22-14-10-18-26-34-42-74-130-102(122)6-2)78-98(94)110(115-106)117-108-96-68-64-92(136-88-59-51-84(52-60-88)128-72-40-32-24-16-12-20-28-36-44-76-132-104(124)8-4)80-100(96)112(119-108)120-111-99-79-91(63-67-95(99)107(116-109)118-111)135-87-57-49-83(50-58-87)127-71-39-31-23-15-11-19-27-35-43-75-131-103(123)7-3/h5-8,45-68,77-80H,1-4,9-44,69-76H2,(H2,113,114,115,116,117,118,119,120). The second-order valence-electron chi connectivity index (χ2n) is 34.3. The Bertz CT molecular complexity index is 5880. The van der Waals surface area contributed by atoms with Crippen LogP contribution < -0.4 is 37.9 Å². The largest absolute Gasteiger partial charge is 0.494 e. The van der Waals surface area contributed by atoms with Gasteiger partial charge in [0.25, 0.3) is 0 Å². The summed E-state index contributed by atoms with van der Waals surface area (Å²) >= 11 is 0. The molecule has 8 aromatic carbocycles. The van der Waals surface area contributed by atoms with Gasteiger partial charge in [-0.25, -0.2) is 49.1 Å². The molecule has 136 heavy (non-hydrogen) atoms. The van der Waals surface area contributed by atoms with Crippen LogP contribution in [0.4, 0.5) is 0 Å². The second-order valence-corrected chi connectivity index (χ2v) is 34.3. The number of aromatic nitrogens is 8. The van der Waals surface area contributed by atoms with E-state index in [9.17, 15) is 19.2 Å².